The highest BCUT2D eigenvalue weighted by atomic mass is 16.1. The summed E-state index contributed by atoms with van der Waals surface area (Å²) in [5.41, 5.74) is 3.55. The number of rotatable bonds is 5. The number of aryl methyl sites for hydroxylation is 1. The molecule has 0 unspecified atom stereocenters. The van der Waals surface area contributed by atoms with Crippen LogP contribution in [0.25, 0.3) is 0 Å². The normalized spacial score (nSPS) is 9.94. The number of carbonyl (C=O) groups excluding carboxylic acids is 1. The highest BCUT2D eigenvalue weighted by Gasteiger charge is 2.02. The first-order chi connectivity index (χ1) is 7.65. The minimum Gasteiger partial charge on any atom is -0.294 e. The molecule has 1 rings (SSSR count). The van der Waals surface area contributed by atoms with Crippen LogP contribution in [0.2, 0.25) is 0 Å². The second kappa shape index (κ2) is 6.26. The number of hydrogen-bond acceptors (Lipinski definition) is 1. The summed E-state index contributed by atoms with van der Waals surface area (Å²) in [6.45, 7) is 6.23. The molecule has 0 aliphatic rings. The van der Waals surface area contributed by atoms with Crippen molar-refractivity contribution in [1.82, 2.24) is 0 Å². The predicted octanol–water partition coefficient (Wildman–Crippen LogP) is 3.85. The van der Waals surface area contributed by atoms with Crippen LogP contribution in [0.3, 0.4) is 0 Å². The van der Waals surface area contributed by atoms with Crippen LogP contribution in [0.4, 0.5) is 0 Å². The molecule has 1 aromatic rings. The van der Waals surface area contributed by atoms with E-state index < -0.39 is 0 Å². The Morgan fingerprint density at radius 2 is 1.94 bits per heavy atom. The number of allylic oxidation sites excluding steroid dienone is 2. The SMILES string of the molecule is CCC(=CC(=O)Cc1cccc(C)c1)CC. The molecule has 1 aromatic carbocycles. The van der Waals surface area contributed by atoms with Gasteiger partial charge in [-0.3, -0.25) is 4.79 Å². The van der Waals surface area contributed by atoms with Gasteiger partial charge in [0.2, 0.25) is 0 Å². The summed E-state index contributed by atoms with van der Waals surface area (Å²) in [6, 6.07) is 8.13. The van der Waals surface area contributed by atoms with Gasteiger partial charge in [0.05, 0.1) is 0 Å². The third-order valence-corrected chi connectivity index (χ3v) is 2.73. The van der Waals surface area contributed by atoms with Gasteiger partial charge in [-0.15, -0.1) is 0 Å². The zero-order valence-corrected chi connectivity index (χ0v) is 10.4. The summed E-state index contributed by atoms with van der Waals surface area (Å²) in [7, 11) is 0. The Kier molecular flexibility index (Phi) is 4.97. The Labute approximate surface area is 98.2 Å². The monoisotopic (exact) mass is 216 g/mol. The number of ketones is 1. The first-order valence-corrected chi connectivity index (χ1v) is 5.93. The lowest BCUT2D eigenvalue weighted by Crippen LogP contribution is -2.00. The first kappa shape index (κ1) is 12.7. The molecule has 0 radical (unpaired) electrons. The molecule has 16 heavy (non-hydrogen) atoms. The number of benzene rings is 1. The molecule has 0 atom stereocenters. The maximum absolute atomic E-state index is 11.8. The Hall–Kier alpha value is -1.37. The van der Waals surface area contributed by atoms with Crippen LogP contribution in [0.1, 0.15) is 37.8 Å². The van der Waals surface area contributed by atoms with Crippen LogP contribution in [0.5, 0.6) is 0 Å². The third-order valence-electron chi connectivity index (χ3n) is 2.73. The quantitative estimate of drug-likeness (QED) is 0.683. The van der Waals surface area contributed by atoms with E-state index in [0.717, 1.165) is 18.4 Å². The van der Waals surface area contributed by atoms with Gasteiger partial charge in [0, 0.05) is 6.42 Å². The van der Waals surface area contributed by atoms with Crippen LogP contribution < -0.4 is 0 Å². The van der Waals surface area contributed by atoms with Crippen molar-refractivity contribution >= 4 is 5.78 Å². The lowest BCUT2D eigenvalue weighted by molar-refractivity contribution is -0.114. The molecule has 0 bridgehead atoms. The average Bonchev–Trinajstić information content (AvgIpc) is 2.26. The van der Waals surface area contributed by atoms with E-state index in [9.17, 15) is 4.79 Å². The van der Waals surface area contributed by atoms with Gasteiger partial charge in [0.1, 0.15) is 0 Å². The second-order valence-corrected chi connectivity index (χ2v) is 4.14. The Morgan fingerprint density at radius 3 is 2.50 bits per heavy atom. The maximum atomic E-state index is 11.8. The van der Waals surface area contributed by atoms with Crippen molar-refractivity contribution in [2.75, 3.05) is 0 Å². The molecular weight excluding hydrogens is 196 g/mol. The van der Waals surface area contributed by atoms with E-state index in [1.165, 1.54) is 11.1 Å². The smallest absolute Gasteiger partial charge is 0.160 e. The van der Waals surface area contributed by atoms with Crippen molar-refractivity contribution in [2.24, 2.45) is 0 Å². The summed E-state index contributed by atoms with van der Waals surface area (Å²) in [5, 5.41) is 0. The maximum Gasteiger partial charge on any atom is 0.160 e. The minimum absolute atomic E-state index is 0.212. The third kappa shape index (κ3) is 4.01. The number of carbonyl (C=O) groups is 1. The Balaban J connectivity index is 2.68. The summed E-state index contributed by atoms with van der Waals surface area (Å²) in [6.07, 6.45) is 4.26. The van der Waals surface area contributed by atoms with Gasteiger partial charge >= 0.3 is 0 Å². The second-order valence-electron chi connectivity index (χ2n) is 4.14. The molecule has 0 saturated carbocycles. The van der Waals surface area contributed by atoms with Crippen LogP contribution in [-0.2, 0) is 11.2 Å². The summed E-state index contributed by atoms with van der Waals surface area (Å²) in [5.74, 6) is 0.212. The van der Waals surface area contributed by atoms with E-state index in [1.54, 1.807) is 0 Å². The number of hydrogen-bond donors (Lipinski definition) is 0. The molecule has 86 valence electrons. The first-order valence-electron chi connectivity index (χ1n) is 5.93. The van der Waals surface area contributed by atoms with Crippen LogP contribution >= 0.6 is 0 Å². The fourth-order valence-corrected chi connectivity index (χ4v) is 1.76. The molecule has 1 nitrogen and oxygen atoms in total. The lowest BCUT2D eigenvalue weighted by atomic mass is 10.0. The van der Waals surface area contributed by atoms with E-state index in [-0.39, 0.29) is 5.78 Å². The molecular formula is C15H20O. The minimum atomic E-state index is 0.212. The van der Waals surface area contributed by atoms with Crippen molar-refractivity contribution in [3.63, 3.8) is 0 Å². The van der Waals surface area contributed by atoms with Crippen LogP contribution in [0, 0.1) is 6.92 Å². The van der Waals surface area contributed by atoms with Crippen molar-refractivity contribution in [1.29, 1.82) is 0 Å². The van der Waals surface area contributed by atoms with E-state index in [1.807, 2.05) is 31.2 Å². The Bertz CT molecular complexity index is 382. The Morgan fingerprint density at radius 1 is 1.25 bits per heavy atom. The predicted molar refractivity (Wildman–Crippen MR) is 68.6 cm³/mol. The highest BCUT2D eigenvalue weighted by Crippen LogP contribution is 2.09. The van der Waals surface area contributed by atoms with Crippen molar-refractivity contribution in [3.8, 4) is 0 Å². The van der Waals surface area contributed by atoms with Gasteiger partial charge in [-0.05, 0) is 31.4 Å². The fraction of sp³-hybridized carbons (Fsp3) is 0.400. The largest absolute Gasteiger partial charge is 0.294 e. The molecule has 0 fully saturated rings. The molecule has 1 heteroatoms. The molecule has 0 N–H and O–H groups in total. The van der Waals surface area contributed by atoms with E-state index in [4.69, 9.17) is 0 Å². The van der Waals surface area contributed by atoms with Crippen LogP contribution in [0.15, 0.2) is 35.9 Å². The summed E-state index contributed by atoms with van der Waals surface area (Å²) in [4.78, 5) is 11.8. The van der Waals surface area contributed by atoms with Crippen molar-refractivity contribution in [3.05, 3.63) is 47.0 Å². The van der Waals surface area contributed by atoms with Gasteiger partial charge < -0.3 is 0 Å². The van der Waals surface area contributed by atoms with E-state index >= 15 is 0 Å². The van der Waals surface area contributed by atoms with Crippen LogP contribution in [-0.4, -0.2) is 5.78 Å². The molecule has 0 heterocycles. The molecule has 0 spiro atoms. The van der Waals surface area contributed by atoms with Gasteiger partial charge in [-0.25, -0.2) is 0 Å². The topological polar surface area (TPSA) is 17.1 Å². The van der Waals surface area contributed by atoms with Crippen molar-refractivity contribution < 1.29 is 4.79 Å². The molecule has 0 aliphatic heterocycles. The van der Waals surface area contributed by atoms with Gasteiger partial charge in [-0.2, -0.15) is 0 Å². The fourth-order valence-electron chi connectivity index (χ4n) is 1.76. The lowest BCUT2D eigenvalue weighted by Gasteiger charge is -2.02. The van der Waals surface area contributed by atoms with E-state index in [2.05, 4.69) is 19.9 Å². The summed E-state index contributed by atoms with van der Waals surface area (Å²) >= 11 is 0. The molecule has 0 amide bonds. The van der Waals surface area contributed by atoms with Gasteiger partial charge in [0.15, 0.2) is 5.78 Å². The average molecular weight is 216 g/mol. The summed E-state index contributed by atoms with van der Waals surface area (Å²) < 4.78 is 0. The van der Waals surface area contributed by atoms with Crippen molar-refractivity contribution in [2.45, 2.75) is 40.0 Å². The van der Waals surface area contributed by atoms with E-state index in [0.29, 0.717) is 6.42 Å². The van der Waals surface area contributed by atoms with Gasteiger partial charge in [0.25, 0.3) is 0 Å². The molecule has 0 aromatic heterocycles. The molecule has 0 saturated heterocycles. The highest BCUT2D eigenvalue weighted by molar-refractivity contribution is 5.92. The van der Waals surface area contributed by atoms with Gasteiger partial charge in [-0.1, -0.05) is 49.2 Å². The zero-order chi connectivity index (χ0) is 12.0. The zero-order valence-electron chi connectivity index (χ0n) is 10.4. The molecule has 0 aliphatic carbocycles. The standard InChI is InChI=1S/C15H20O/c1-4-13(5-2)10-15(16)11-14-8-6-7-12(3)9-14/h6-10H,4-5,11H2,1-3H3.